The summed E-state index contributed by atoms with van der Waals surface area (Å²) in [7, 11) is 0. The van der Waals surface area contributed by atoms with Gasteiger partial charge in [0.25, 0.3) is 0 Å². The van der Waals surface area contributed by atoms with Crippen molar-refractivity contribution in [3.05, 3.63) is 58.1 Å². The molecule has 0 aliphatic rings. The summed E-state index contributed by atoms with van der Waals surface area (Å²) in [5, 5.41) is 0.630. The van der Waals surface area contributed by atoms with E-state index in [-0.39, 0.29) is 6.61 Å². The average Bonchev–Trinajstić information content (AvgIpc) is 2.45. The Morgan fingerprint density at radius 2 is 2.05 bits per heavy atom. The van der Waals surface area contributed by atoms with Crippen molar-refractivity contribution >= 4 is 23.5 Å². The van der Waals surface area contributed by atoms with E-state index in [9.17, 15) is 0 Å². The standard InChI is InChI=1S/C18H16ClNO/c1-4-9-21-18-8-6-16(19)11-15(18)12-20-17-7-5-13(2)10-14(17)3/h1,5-8,10-12H,9H2,2-3H3. The van der Waals surface area contributed by atoms with E-state index < -0.39 is 0 Å². The van der Waals surface area contributed by atoms with Gasteiger partial charge in [0.05, 0.1) is 5.69 Å². The molecule has 0 fully saturated rings. The minimum Gasteiger partial charge on any atom is -0.480 e. The van der Waals surface area contributed by atoms with Crippen molar-refractivity contribution in [2.45, 2.75) is 13.8 Å². The molecule has 0 N–H and O–H groups in total. The van der Waals surface area contributed by atoms with Crippen LogP contribution < -0.4 is 4.74 Å². The Bertz CT molecular complexity index is 714. The van der Waals surface area contributed by atoms with Crippen molar-refractivity contribution in [2.24, 2.45) is 4.99 Å². The summed E-state index contributed by atoms with van der Waals surface area (Å²) in [6.07, 6.45) is 6.97. The van der Waals surface area contributed by atoms with Gasteiger partial charge in [-0.25, -0.2) is 0 Å². The number of aryl methyl sites for hydroxylation is 2. The third-order valence-corrected chi connectivity index (χ3v) is 3.21. The Balaban J connectivity index is 2.31. The van der Waals surface area contributed by atoms with Crippen LogP contribution >= 0.6 is 11.6 Å². The minimum atomic E-state index is 0.214. The highest BCUT2D eigenvalue weighted by Gasteiger charge is 2.03. The van der Waals surface area contributed by atoms with Crippen molar-refractivity contribution in [3.8, 4) is 18.1 Å². The van der Waals surface area contributed by atoms with E-state index in [1.807, 2.05) is 19.1 Å². The molecule has 0 atom stereocenters. The first-order chi connectivity index (χ1) is 10.1. The second-order valence-electron chi connectivity index (χ2n) is 4.72. The molecule has 0 unspecified atom stereocenters. The first-order valence-corrected chi connectivity index (χ1v) is 6.95. The van der Waals surface area contributed by atoms with E-state index >= 15 is 0 Å². The monoisotopic (exact) mass is 297 g/mol. The summed E-state index contributed by atoms with van der Waals surface area (Å²) in [6, 6.07) is 11.5. The van der Waals surface area contributed by atoms with Gasteiger partial charge in [-0.2, -0.15) is 0 Å². The number of halogens is 1. The number of ether oxygens (including phenoxy) is 1. The van der Waals surface area contributed by atoms with Crippen LogP contribution in [0, 0.1) is 26.2 Å². The Morgan fingerprint density at radius 3 is 2.76 bits per heavy atom. The number of aliphatic imine (C=N–C) groups is 1. The van der Waals surface area contributed by atoms with Gasteiger partial charge in [0.2, 0.25) is 0 Å². The van der Waals surface area contributed by atoms with Gasteiger partial charge < -0.3 is 4.74 Å². The lowest BCUT2D eigenvalue weighted by Crippen LogP contribution is -1.97. The molecule has 0 heterocycles. The molecule has 0 bridgehead atoms. The van der Waals surface area contributed by atoms with E-state index in [4.69, 9.17) is 22.8 Å². The molecule has 2 rings (SSSR count). The lowest BCUT2D eigenvalue weighted by Gasteiger charge is -2.07. The molecule has 21 heavy (non-hydrogen) atoms. The first-order valence-electron chi connectivity index (χ1n) is 6.57. The summed E-state index contributed by atoms with van der Waals surface area (Å²) < 4.78 is 5.49. The number of hydrogen-bond donors (Lipinski definition) is 0. The summed E-state index contributed by atoms with van der Waals surface area (Å²) in [5.74, 6) is 3.12. The van der Waals surface area contributed by atoms with Crippen LogP contribution in [-0.2, 0) is 0 Å². The van der Waals surface area contributed by atoms with Gasteiger partial charge in [-0.15, -0.1) is 6.42 Å². The molecule has 2 nitrogen and oxygen atoms in total. The van der Waals surface area contributed by atoms with Gasteiger partial charge in [0.15, 0.2) is 0 Å². The molecule has 0 saturated carbocycles. The lowest BCUT2D eigenvalue weighted by atomic mass is 10.1. The van der Waals surface area contributed by atoms with Gasteiger partial charge in [0.1, 0.15) is 12.4 Å². The number of rotatable bonds is 4. The molecule has 0 amide bonds. The smallest absolute Gasteiger partial charge is 0.148 e. The Morgan fingerprint density at radius 1 is 1.24 bits per heavy atom. The van der Waals surface area contributed by atoms with Crippen LogP contribution in [0.1, 0.15) is 16.7 Å². The zero-order valence-corrected chi connectivity index (χ0v) is 12.8. The van der Waals surface area contributed by atoms with Crippen LogP contribution in [0.2, 0.25) is 5.02 Å². The molecular weight excluding hydrogens is 282 g/mol. The minimum absolute atomic E-state index is 0.214. The highest BCUT2D eigenvalue weighted by atomic mass is 35.5. The molecule has 0 spiro atoms. The van der Waals surface area contributed by atoms with Gasteiger partial charge >= 0.3 is 0 Å². The fourth-order valence-corrected chi connectivity index (χ4v) is 2.14. The largest absolute Gasteiger partial charge is 0.480 e. The van der Waals surface area contributed by atoms with Gasteiger partial charge in [0, 0.05) is 16.8 Å². The number of terminal acetylenes is 1. The van der Waals surface area contributed by atoms with Gasteiger partial charge in [-0.3, -0.25) is 4.99 Å². The van der Waals surface area contributed by atoms with E-state index in [1.165, 1.54) is 5.56 Å². The fourth-order valence-electron chi connectivity index (χ4n) is 1.96. The molecular formula is C18H16ClNO. The lowest BCUT2D eigenvalue weighted by molar-refractivity contribution is 0.370. The fraction of sp³-hybridized carbons (Fsp3) is 0.167. The van der Waals surface area contributed by atoms with Crippen LogP contribution in [0.15, 0.2) is 41.4 Å². The maximum absolute atomic E-state index is 6.03. The topological polar surface area (TPSA) is 21.6 Å². The normalized spacial score (nSPS) is 10.6. The highest BCUT2D eigenvalue weighted by molar-refractivity contribution is 6.30. The van der Waals surface area contributed by atoms with Crippen LogP contribution in [0.5, 0.6) is 5.75 Å². The molecule has 0 aliphatic heterocycles. The molecule has 106 valence electrons. The second-order valence-corrected chi connectivity index (χ2v) is 5.16. The predicted molar refractivity (Wildman–Crippen MR) is 89.0 cm³/mol. The molecule has 2 aromatic rings. The van der Waals surface area contributed by atoms with E-state index in [0.29, 0.717) is 10.8 Å². The zero-order valence-electron chi connectivity index (χ0n) is 12.1. The van der Waals surface area contributed by atoms with Crippen LogP contribution in [-0.4, -0.2) is 12.8 Å². The Hall–Kier alpha value is -2.24. The maximum atomic E-state index is 6.03. The number of hydrogen-bond acceptors (Lipinski definition) is 2. The quantitative estimate of drug-likeness (QED) is 0.591. The number of nitrogens with zero attached hydrogens (tertiary/aromatic N) is 1. The number of benzene rings is 2. The van der Waals surface area contributed by atoms with E-state index in [1.54, 1.807) is 24.4 Å². The van der Waals surface area contributed by atoms with Crippen molar-refractivity contribution < 1.29 is 4.74 Å². The van der Waals surface area contributed by atoms with Gasteiger partial charge in [-0.05, 0) is 43.7 Å². The second kappa shape index (κ2) is 6.97. The summed E-state index contributed by atoms with van der Waals surface area (Å²) in [5.41, 5.74) is 4.06. The third-order valence-electron chi connectivity index (χ3n) is 2.98. The summed E-state index contributed by atoms with van der Waals surface area (Å²) in [6.45, 7) is 4.31. The van der Waals surface area contributed by atoms with Gasteiger partial charge in [-0.1, -0.05) is 35.2 Å². The third kappa shape index (κ3) is 4.11. The molecule has 0 radical (unpaired) electrons. The summed E-state index contributed by atoms with van der Waals surface area (Å²) >= 11 is 6.03. The Kier molecular flexibility index (Phi) is 5.03. The van der Waals surface area contributed by atoms with Crippen molar-refractivity contribution in [1.82, 2.24) is 0 Å². The molecule has 2 aromatic carbocycles. The zero-order chi connectivity index (χ0) is 15.2. The van der Waals surface area contributed by atoms with Crippen molar-refractivity contribution in [1.29, 1.82) is 0 Å². The van der Waals surface area contributed by atoms with Crippen LogP contribution in [0.25, 0.3) is 0 Å². The SMILES string of the molecule is C#CCOc1ccc(Cl)cc1C=Nc1ccc(C)cc1C. The Labute approximate surface area is 130 Å². The predicted octanol–water partition coefficient (Wildman–Crippen LogP) is 4.72. The molecule has 0 aliphatic carbocycles. The van der Waals surface area contributed by atoms with Crippen LogP contribution in [0.4, 0.5) is 5.69 Å². The van der Waals surface area contributed by atoms with Crippen molar-refractivity contribution in [3.63, 3.8) is 0 Å². The van der Waals surface area contributed by atoms with E-state index in [2.05, 4.69) is 23.9 Å². The van der Waals surface area contributed by atoms with Crippen molar-refractivity contribution in [2.75, 3.05) is 6.61 Å². The molecule has 0 saturated heterocycles. The molecule has 0 aromatic heterocycles. The van der Waals surface area contributed by atoms with Crippen LogP contribution in [0.3, 0.4) is 0 Å². The summed E-state index contributed by atoms with van der Waals surface area (Å²) in [4.78, 5) is 4.51. The molecule has 3 heteroatoms. The average molecular weight is 298 g/mol. The van der Waals surface area contributed by atoms with E-state index in [0.717, 1.165) is 16.8 Å². The highest BCUT2D eigenvalue weighted by Crippen LogP contribution is 2.24. The maximum Gasteiger partial charge on any atom is 0.148 e. The first kappa shape index (κ1) is 15.2.